The molecule has 1 aliphatic carbocycles. The van der Waals surface area contributed by atoms with Crippen LogP contribution in [0.15, 0.2) is 46.3 Å². The topological polar surface area (TPSA) is 4.93 Å². The zero-order valence-electron chi connectivity index (χ0n) is 10.3. The summed E-state index contributed by atoms with van der Waals surface area (Å²) in [4.78, 5) is 1.36. The molecule has 0 atom stereocenters. The number of hydrogen-bond donors (Lipinski definition) is 0. The molecule has 2 heterocycles. The molecule has 3 aromatic rings. The lowest BCUT2D eigenvalue weighted by atomic mass is 10.0. The zero-order valence-corrected chi connectivity index (χ0v) is 12.7. The van der Waals surface area contributed by atoms with Gasteiger partial charge in [0.05, 0.1) is 0 Å². The Kier molecular flexibility index (Phi) is 2.64. The molecule has 0 fully saturated rings. The van der Waals surface area contributed by atoms with E-state index in [0.717, 1.165) is 12.8 Å². The predicted molar refractivity (Wildman–Crippen MR) is 86.4 cm³/mol. The molecule has 0 unspecified atom stereocenters. The summed E-state index contributed by atoms with van der Waals surface area (Å²) in [5.41, 5.74) is 4.09. The second-order valence-corrected chi connectivity index (χ2v) is 6.68. The first kappa shape index (κ1) is 11.5. The summed E-state index contributed by atoms with van der Waals surface area (Å²) >= 11 is 5.47. The standard InChI is InChI=1S/C16H12BrNS/c17-11-6-7-15-14(10-11)13-8-9-19-16(13)18(15)12-4-2-1-3-5-12/h1-5,8-10H,6-7H2. The molecule has 1 aromatic carbocycles. The Morgan fingerprint density at radius 3 is 2.74 bits per heavy atom. The van der Waals surface area contributed by atoms with E-state index in [-0.39, 0.29) is 0 Å². The summed E-state index contributed by atoms with van der Waals surface area (Å²) in [6, 6.07) is 12.9. The Hall–Kier alpha value is -1.32. The summed E-state index contributed by atoms with van der Waals surface area (Å²) in [5, 5.41) is 3.56. The van der Waals surface area contributed by atoms with Crippen LogP contribution in [0.4, 0.5) is 0 Å². The number of rotatable bonds is 1. The van der Waals surface area contributed by atoms with Gasteiger partial charge in [0.25, 0.3) is 0 Å². The minimum absolute atomic E-state index is 1.09. The van der Waals surface area contributed by atoms with E-state index in [1.807, 2.05) is 11.3 Å². The average molecular weight is 330 g/mol. The van der Waals surface area contributed by atoms with Gasteiger partial charge in [-0.15, -0.1) is 11.3 Å². The van der Waals surface area contributed by atoms with E-state index < -0.39 is 0 Å². The summed E-state index contributed by atoms with van der Waals surface area (Å²) < 4.78 is 3.73. The number of thiophene rings is 1. The van der Waals surface area contributed by atoms with E-state index in [1.54, 1.807) is 0 Å². The number of halogens is 1. The fourth-order valence-corrected chi connectivity index (χ4v) is 4.19. The lowest BCUT2D eigenvalue weighted by Crippen LogP contribution is -2.03. The van der Waals surface area contributed by atoms with Gasteiger partial charge in [-0.3, -0.25) is 0 Å². The minimum Gasteiger partial charge on any atom is -0.305 e. The highest BCUT2D eigenvalue weighted by molar-refractivity contribution is 9.11. The van der Waals surface area contributed by atoms with E-state index in [1.165, 1.54) is 31.6 Å². The van der Waals surface area contributed by atoms with Gasteiger partial charge in [-0.1, -0.05) is 34.1 Å². The van der Waals surface area contributed by atoms with Crippen LogP contribution in [0.2, 0.25) is 0 Å². The SMILES string of the molecule is BrC1=Cc2c(n(-c3ccccc3)c3sccc23)CC1. The summed E-state index contributed by atoms with van der Waals surface area (Å²) in [6.45, 7) is 0. The van der Waals surface area contributed by atoms with Gasteiger partial charge in [0.1, 0.15) is 4.83 Å². The van der Waals surface area contributed by atoms with Crippen LogP contribution in [0, 0.1) is 0 Å². The highest BCUT2D eigenvalue weighted by Gasteiger charge is 2.20. The molecule has 0 spiro atoms. The number of hydrogen-bond acceptors (Lipinski definition) is 1. The van der Waals surface area contributed by atoms with Gasteiger partial charge < -0.3 is 4.57 Å². The molecule has 4 rings (SSSR count). The predicted octanol–water partition coefficient (Wildman–Crippen LogP) is 5.37. The molecule has 0 saturated heterocycles. The Balaban J connectivity index is 2.09. The number of fused-ring (bicyclic) bond motifs is 3. The Morgan fingerprint density at radius 2 is 1.89 bits per heavy atom. The van der Waals surface area contributed by atoms with Crippen molar-refractivity contribution in [1.82, 2.24) is 4.57 Å². The fraction of sp³-hybridized carbons (Fsp3) is 0.125. The number of nitrogens with zero attached hydrogens (tertiary/aromatic N) is 1. The van der Waals surface area contributed by atoms with Crippen molar-refractivity contribution in [3.8, 4) is 5.69 Å². The maximum Gasteiger partial charge on any atom is 0.108 e. The molecule has 1 nitrogen and oxygen atoms in total. The highest BCUT2D eigenvalue weighted by atomic mass is 79.9. The molecular weight excluding hydrogens is 318 g/mol. The van der Waals surface area contributed by atoms with Gasteiger partial charge in [0.2, 0.25) is 0 Å². The number of allylic oxidation sites excluding steroid dienone is 1. The van der Waals surface area contributed by atoms with Crippen LogP contribution < -0.4 is 0 Å². The van der Waals surface area contributed by atoms with Crippen LogP contribution in [0.5, 0.6) is 0 Å². The number of para-hydroxylation sites is 1. The quantitative estimate of drug-likeness (QED) is 0.565. The molecule has 1 aliphatic rings. The Labute approximate surface area is 124 Å². The average Bonchev–Trinajstić information content (AvgIpc) is 3.00. The van der Waals surface area contributed by atoms with Gasteiger partial charge in [0, 0.05) is 22.3 Å². The Bertz CT molecular complexity index is 780. The normalized spacial score (nSPS) is 14.5. The smallest absolute Gasteiger partial charge is 0.108 e. The second-order valence-electron chi connectivity index (χ2n) is 4.76. The molecular formula is C16H12BrNS. The molecule has 0 saturated carbocycles. The van der Waals surface area contributed by atoms with Crippen molar-refractivity contribution in [3.05, 3.63) is 57.5 Å². The third-order valence-corrected chi connectivity index (χ3v) is 5.16. The third kappa shape index (κ3) is 1.72. The fourth-order valence-electron chi connectivity index (χ4n) is 2.80. The lowest BCUT2D eigenvalue weighted by Gasteiger charge is -2.14. The maximum atomic E-state index is 3.65. The minimum atomic E-state index is 1.09. The van der Waals surface area contributed by atoms with Crippen molar-refractivity contribution in [1.29, 1.82) is 0 Å². The van der Waals surface area contributed by atoms with Crippen molar-refractivity contribution >= 4 is 43.6 Å². The zero-order chi connectivity index (χ0) is 12.8. The summed E-state index contributed by atoms with van der Waals surface area (Å²) in [5.74, 6) is 0. The Morgan fingerprint density at radius 1 is 1.05 bits per heavy atom. The molecule has 0 radical (unpaired) electrons. The first-order valence-electron chi connectivity index (χ1n) is 6.37. The molecule has 94 valence electrons. The maximum absolute atomic E-state index is 3.65. The van der Waals surface area contributed by atoms with Crippen molar-refractivity contribution < 1.29 is 0 Å². The monoisotopic (exact) mass is 329 g/mol. The molecule has 0 aliphatic heterocycles. The molecule has 0 amide bonds. The lowest BCUT2D eigenvalue weighted by molar-refractivity contribution is 0.886. The number of aromatic nitrogens is 1. The molecule has 3 heteroatoms. The molecule has 2 aromatic heterocycles. The van der Waals surface area contributed by atoms with Crippen LogP contribution in [0.3, 0.4) is 0 Å². The second kappa shape index (κ2) is 4.36. The van der Waals surface area contributed by atoms with Gasteiger partial charge in [0.15, 0.2) is 0 Å². The van der Waals surface area contributed by atoms with Crippen molar-refractivity contribution in [3.63, 3.8) is 0 Å². The first-order chi connectivity index (χ1) is 9.34. The molecule has 19 heavy (non-hydrogen) atoms. The first-order valence-corrected chi connectivity index (χ1v) is 8.04. The largest absolute Gasteiger partial charge is 0.305 e. The van der Waals surface area contributed by atoms with Crippen LogP contribution in [-0.4, -0.2) is 4.57 Å². The van der Waals surface area contributed by atoms with Crippen molar-refractivity contribution in [2.24, 2.45) is 0 Å². The number of benzene rings is 1. The van der Waals surface area contributed by atoms with Gasteiger partial charge in [-0.05, 0) is 47.0 Å². The van der Waals surface area contributed by atoms with E-state index in [4.69, 9.17) is 0 Å². The van der Waals surface area contributed by atoms with E-state index in [0.29, 0.717) is 0 Å². The summed E-state index contributed by atoms with van der Waals surface area (Å²) in [7, 11) is 0. The highest BCUT2D eigenvalue weighted by Crippen LogP contribution is 2.39. The van der Waals surface area contributed by atoms with Crippen LogP contribution in [-0.2, 0) is 6.42 Å². The van der Waals surface area contributed by atoms with Gasteiger partial charge in [-0.25, -0.2) is 0 Å². The van der Waals surface area contributed by atoms with Crippen LogP contribution in [0.1, 0.15) is 17.7 Å². The van der Waals surface area contributed by atoms with Gasteiger partial charge >= 0.3 is 0 Å². The van der Waals surface area contributed by atoms with E-state index in [9.17, 15) is 0 Å². The third-order valence-electron chi connectivity index (χ3n) is 3.63. The van der Waals surface area contributed by atoms with E-state index in [2.05, 4.69) is 68.4 Å². The molecule has 0 bridgehead atoms. The van der Waals surface area contributed by atoms with Gasteiger partial charge in [-0.2, -0.15) is 0 Å². The van der Waals surface area contributed by atoms with Crippen molar-refractivity contribution in [2.45, 2.75) is 12.8 Å². The van der Waals surface area contributed by atoms with Crippen molar-refractivity contribution in [2.75, 3.05) is 0 Å². The van der Waals surface area contributed by atoms with Crippen LogP contribution in [0.25, 0.3) is 22.0 Å². The summed E-state index contributed by atoms with van der Waals surface area (Å²) in [6.07, 6.45) is 4.48. The van der Waals surface area contributed by atoms with E-state index >= 15 is 0 Å². The molecule has 0 N–H and O–H groups in total. The van der Waals surface area contributed by atoms with Crippen LogP contribution >= 0.6 is 27.3 Å².